The fourth-order valence-electron chi connectivity index (χ4n) is 3.11. The van der Waals surface area contributed by atoms with Crippen molar-refractivity contribution in [1.29, 1.82) is 0 Å². The van der Waals surface area contributed by atoms with E-state index in [1.807, 2.05) is 0 Å². The first-order valence-corrected chi connectivity index (χ1v) is 10.00. The Morgan fingerprint density at radius 2 is 1.77 bits per heavy atom. The molecule has 1 aromatic carbocycles. The second kappa shape index (κ2) is 11.9. The minimum atomic E-state index is 0.574. The molecule has 0 aliphatic carbocycles. The summed E-state index contributed by atoms with van der Waals surface area (Å²) in [5.41, 5.74) is 2.67. The highest BCUT2D eigenvalue weighted by atomic mass is 16.5. The summed E-state index contributed by atoms with van der Waals surface area (Å²) in [7, 11) is 1.80. The van der Waals surface area contributed by atoms with Crippen molar-refractivity contribution in [2.75, 3.05) is 39.9 Å². The van der Waals surface area contributed by atoms with Crippen molar-refractivity contribution >= 4 is 5.96 Å². The van der Waals surface area contributed by atoms with Gasteiger partial charge < -0.3 is 15.4 Å². The molecule has 0 amide bonds. The lowest BCUT2D eigenvalue weighted by atomic mass is 10.1. The molecular weight excluding hydrogens is 324 g/mol. The molecule has 146 valence electrons. The lowest BCUT2D eigenvalue weighted by Gasteiger charge is -2.26. The van der Waals surface area contributed by atoms with Crippen LogP contribution in [0.5, 0.6) is 0 Å². The molecule has 1 aliphatic rings. The van der Waals surface area contributed by atoms with Crippen LogP contribution in [0.2, 0.25) is 0 Å². The minimum absolute atomic E-state index is 0.574. The van der Waals surface area contributed by atoms with Crippen molar-refractivity contribution in [2.45, 2.75) is 46.2 Å². The van der Waals surface area contributed by atoms with E-state index in [2.05, 4.69) is 58.6 Å². The molecule has 1 saturated heterocycles. The minimum Gasteiger partial charge on any atom is -0.379 e. The van der Waals surface area contributed by atoms with Gasteiger partial charge in [0.1, 0.15) is 0 Å². The molecule has 0 aromatic heterocycles. The summed E-state index contributed by atoms with van der Waals surface area (Å²) in [6, 6.07) is 8.93. The Morgan fingerprint density at radius 3 is 2.42 bits per heavy atom. The van der Waals surface area contributed by atoms with Crippen LogP contribution in [-0.4, -0.2) is 50.8 Å². The molecule has 2 N–H and O–H groups in total. The number of piperidine rings is 1. The van der Waals surface area contributed by atoms with Crippen LogP contribution in [0.25, 0.3) is 0 Å². The molecule has 0 atom stereocenters. The Bertz CT molecular complexity index is 521. The predicted molar refractivity (Wildman–Crippen MR) is 109 cm³/mol. The monoisotopic (exact) mass is 360 g/mol. The zero-order valence-electron chi connectivity index (χ0n) is 16.8. The van der Waals surface area contributed by atoms with Crippen LogP contribution in [0.15, 0.2) is 29.3 Å². The fourth-order valence-corrected chi connectivity index (χ4v) is 3.11. The average Bonchev–Trinajstić information content (AvgIpc) is 2.66. The third kappa shape index (κ3) is 8.19. The fraction of sp³-hybridized carbons (Fsp3) is 0.667. The summed E-state index contributed by atoms with van der Waals surface area (Å²) < 4.78 is 5.58. The van der Waals surface area contributed by atoms with Gasteiger partial charge in [0.2, 0.25) is 0 Å². The SMILES string of the molecule is CN=C(NCCOCC(C)C)NCc1ccc(CN2CCCCC2)cc1. The van der Waals surface area contributed by atoms with Gasteiger partial charge in [-0.1, -0.05) is 44.5 Å². The highest BCUT2D eigenvalue weighted by Gasteiger charge is 2.10. The Kier molecular flexibility index (Phi) is 9.50. The molecular formula is C21H36N4O. The zero-order chi connectivity index (χ0) is 18.6. The standard InChI is InChI=1S/C21H36N4O/c1-18(2)17-26-14-11-23-21(22-3)24-15-19-7-9-20(10-8-19)16-25-12-5-4-6-13-25/h7-10,18H,4-6,11-17H2,1-3H3,(H2,22,23,24). The summed E-state index contributed by atoms with van der Waals surface area (Å²) in [4.78, 5) is 6.82. The number of likely N-dealkylation sites (tertiary alicyclic amines) is 1. The van der Waals surface area contributed by atoms with Crippen molar-refractivity contribution < 1.29 is 4.74 Å². The van der Waals surface area contributed by atoms with Gasteiger partial charge >= 0.3 is 0 Å². The third-order valence-electron chi connectivity index (χ3n) is 4.55. The highest BCUT2D eigenvalue weighted by molar-refractivity contribution is 5.79. The molecule has 0 saturated carbocycles. The highest BCUT2D eigenvalue weighted by Crippen LogP contribution is 2.13. The van der Waals surface area contributed by atoms with Gasteiger partial charge in [0.15, 0.2) is 5.96 Å². The Morgan fingerprint density at radius 1 is 1.08 bits per heavy atom. The molecule has 1 aromatic rings. The lowest BCUT2D eigenvalue weighted by molar-refractivity contribution is 0.114. The molecule has 1 heterocycles. The number of rotatable bonds is 9. The molecule has 5 heteroatoms. The van der Waals surface area contributed by atoms with Gasteiger partial charge in [-0.05, 0) is 43.0 Å². The summed E-state index contributed by atoms with van der Waals surface area (Å²) >= 11 is 0. The van der Waals surface area contributed by atoms with E-state index in [-0.39, 0.29) is 0 Å². The van der Waals surface area contributed by atoms with Gasteiger partial charge in [-0.3, -0.25) is 9.89 Å². The predicted octanol–water partition coefficient (Wildman–Crippen LogP) is 3.01. The molecule has 0 bridgehead atoms. The van der Waals surface area contributed by atoms with E-state index >= 15 is 0 Å². The van der Waals surface area contributed by atoms with Crippen molar-refractivity contribution in [3.8, 4) is 0 Å². The van der Waals surface area contributed by atoms with E-state index in [4.69, 9.17) is 4.74 Å². The van der Waals surface area contributed by atoms with Crippen LogP contribution in [0.3, 0.4) is 0 Å². The number of nitrogens with one attached hydrogen (secondary N) is 2. The molecule has 1 aliphatic heterocycles. The summed E-state index contributed by atoms with van der Waals surface area (Å²) in [5, 5.41) is 6.65. The van der Waals surface area contributed by atoms with Crippen LogP contribution in [0.1, 0.15) is 44.2 Å². The van der Waals surface area contributed by atoms with E-state index in [0.717, 1.165) is 32.2 Å². The van der Waals surface area contributed by atoms with Crippen LogP contribution in [-0.2, 0) is 17.8 Å². The number of hydrogen-bond acceptors (Lipinski definition) is 3. The van der Waals surface area contributed by atoms with Gasteiger partial charge in [-0.2, -0.15) is 0 Å². The third-order valence-corrected chi connectivity index (χ3v) is 4.55. The van der Waals surface area contributed by atoms with E-state index < -0.39 is 0 Å². The van der Waals surface area contributed by atoms with Crippen molar-refractivity contribution in [3.63, 3.8) is 0 Å². The van der Waals surface area contributed by atoms with Crippen molar-refractivity contribution in [3.05, 3.63) is 35.4 Å². The molecule has 2 rings (SSSR count). The average molecular weight is 361 g/mol. The maximum absolute atomic E-state index is 5.58. The molecule has 0 radical (unpaired) electrons. The largest absolute Gasteiger partial charge is 0.379 e. The maximum atomic E-state index is 5.58. The first-order chi connectivity index (χ1) is 12.7. The van der Waals surface area contributed by atoms with Crippen molar-refractivity contribution in [1.82, 2.24) is 15.5 Å². The molecule has 5 nitrogen and oxygen atoms in total. The molecule has 26 heavy (non-hydrogen) atoms. The smallest absolute Gasteiger partial charge is 0.191 e. The van der Waals surface area contributed by atoms with E-state index in [0.29, 0.717) is 12.5 Å². The quantitative estimate of drug-likeness (QED) is 0.404. The molecule has 0 unspecified atom stereocenters. The maximum Gasteiger partial charge on any atom is 0.191 e. The molecule has 0 spiro atoms. The van der Waals surface area contributed by atoms with Crippen LogP contribution >= 0.6 is 0 Å². The number of guanidine groups is 1. The van der Waals surface area contributed by atoms with Crippen LogP contribution in [0, 0.1) is 5.92 Å². The van der Waals surface area contributed by atoms with Gasteiger partial charge in [0, 0.05) is 33.3 Å². The number of aliphatic imine (C=N–C) groups is 1. The normalized spacial score (nSPS) is 16.1. The van der Waals surface area contributed by atoms with Crippen LogP contribution in [0.4, 0.5) is 0 Å². The topological polar surface area (TPSA) is 48.9 Å². The van der Waals surface area contributed by atoms with Gasteiger partial charge in [-0.15, -0.1) is 0 Å². The number of benzene rings is 1. The Balaban J connectivity index is 1.67. The lowest BCUT2D eigenvalue weighted by Crippen LogP contribution is -2.38. The van der Waals surface area contributed by atoms with Gasteiger partial charge in [0.25, 0.3) is 0 Å². The first-order valence-electron chi connectivity index (χ1n) is 10.00. The summed E-state index contributed by atoms with van der Waals surface area (Å²) in [5.74, 6) is 1.39. The van der Waals surface area contributed by atoms with Crippen LogP contribution < -0.4 is 10.6 Å². The zero-order valence-corrected chi connectivity index (χ0v) is 16.8. The van der Waals surface area contributed by atoms with E-state index in [1.165, 1.54) is 43.5 Å². The second-order valence-corrected chi connectivity index (χ2v) is 7.47. The molecule has 1 fully saturated rings. The number of ether oxygens (including phenoxy) is 1. The summed E-state index contributed by atoms with van der Waals surface area (Å²) in [6.07, 6.45) is 4.08. The number of nitrogens with zero attached hydrogens (tertiary/aromatic N) is 2. The van der Waals surface area contributed by atoms with Gasteiger partial charge in [0.05, 0.1) is 6.61 Å². The van der Waals surface area contributed by atoms with Gasteiger partial charge in [-0.25, -0.2) is 0 Å². The number of hydrogen-bond donors (Lipinski definition) is 2. The van der Waals surface area contributed by atoms with Crippen molar-refractivity contribution in [2.24, 2.45) is 10.9 Å². The van der Waals surface area contributed by atoms with E-state index in [9.17, 15) is 0 Å². The second-order valence-electron chi connectivity index (χ2n) is 7.47. The Hall–Kier alpha value is -1.59. The van der Waals surface area contributed by atoms with E-state index in [1.54, 1.807) is 7.05 Å². The Labute approximate surface area is 159 Å². The summed E-state index contributed by atoms with van der Waals surface area (Å²) in [6.45, 7) is 10.9. The first kappa shape index (κ1) is 20.7.